The van der Waals surface area contributed by atoms with Crippen molar-refractivity contribution in [3.8, 4) is 5.75 Å². The predicted molar refractivity (Wildman–Crippen MR) is 64.2 cm³/mol. The highest BCUT2D eigenvalue weighted by Gasteiger charge is 2.38. The van der Waals surface area contributed by atoms with Crippen LogP contribution in [0.15, 0.2) is 24.3 Å². The van der Waals surface area contributed by atoms with Gasteiger partial charge in [0.1, 0.15) is 5.75 Å². The fourth-order valence-electron chi connectivity index (χ4n) is 3.36. The lowest BCUT2D eigenvalue weighted by molar-refractivity contribution is 0.350. The topological polar surface area (TPSA) is 32.3 Å². The van der Waals surface area contributed by atoms with E-state index in [9.17, 15) is 5.11 Å². The quantitative estimate of drug-likeness (QED) is 0.816. The molecule has 3 atom stereocenters. The largest absolute Gasteiger partial charge is 0.508 e. The van der Waals surface area contributed by atoms with Crippen LogP contribution in [0.1, 0.15) is 31.2 Å². The van der Waals surface area contributed by atoms with Crippen LogP contribution in [0, 0.1) is 11.8 Å². The van der Waals surface area contributed by atoms with Crippen LogP contribution in [-0.2, 0) is 6.54 Å². The first-order valence-corrected chi connectivity index (χ1v) is 6.32. The molecule has 2 aliphatic rings. The number of nitrogens with one attached hydrogen (secondary N) is 1. The van der Waals surface area contributed by atoms with Gasteiger partial charge in [-0.2, -0.15) is 0 Å². The van der Waals surface area contributed by atoms with E-state index < -0.39 is 0 Å². The minimum Gasteiger partial charge on any atom is -0.508 e. The normalized spacial score (nSPS) is 32.1. The number of aromatic hydroxyl groups is 1. The van der Waals surface area contributed by atoms with E-state index in [1.807, 2.05) is 12.1 Å². The van der Waals surface area contributed by atoms with E-state index >= 15 is 0 Å². The van der Waals surface area contributed by atoms with E-state index in [1.54, 1.807) is 12.1 Å². The zero-order chi connectivity index (χ0) is 11.0. The minimum absolute atomic E-state index is 0.351. The highest BCUT2D eigenvalue weighted by Crippen LogP contribution is 2.44. The van der Waals surface area contributed by atoms with Crippen molar-refractivity contribution in [1.29, 1.82) is 0 Å². The predicted octanol–water partition coefficient (Wildman–Crippen LogP) is 2.67. The van der Waals surface area contributed by atoms with Gasteiger partial charge in [-0.1, -0.05) is 18.6 Å². The van der Waals surface area contributed by atoms with Gasteiger partial charge in [0, 0.05) is 12.6 Å². The molecular weight excluding hydrogens is 198 g/mol. The van der Waals surface area contributed by atoms with Crippen molar-refractivity contribution in [2.24, 2.45) is 11.8 Å². The Morgan fingerprint density at radius 3 is 2.56 bits per heavy atom. The van der Waals surface area contributed by atoms with Gasteiger partial charge >= 0.3 is 0 Å². The van der Waals surface area contributed by atoms with Crippen LogP contribution in [-0.4, -0.2) is 11.1 Å². The second-order valence-corrected chi connectivity index (χ2v) is 5.33. The van der Waals surface area contributed by atoms with Crippen molar-refractivity contribution in [3.63, 3.8) is 0 Å². The molecule has 2 aliphatic carbocycles. The number of phenolic OH excluding ortho intramolecular Hbond substituents is 1. The maximum atomic E-state index is 9.20. The van der Waals surface area contributed by atoms with Crippen molar-refractivity contribution in [2.45, 2.75) is 38.3 Å². The van der Waals surface area contributed by atoms with Gasteiger partial charge < -0.3 is 10.4 Å². The van der Waals surface area contributed by atoms with Crippen molar-refractivity contribution in [2.75, 3.05) is 0 Å². The van der Waals surface area contributed by atoms with Crippen LogP contribution in [0.4, 0.5) is 0 Å². The first-order valence-electron chi connectivity index (χ1n) is 6.32. The second kappa shape index (κ2) is 4.10. The average molecular weight is 217 g/mol. The van der Waals surface area contributed by atoms with Gasteiger partial charge in [-0.3, -0.25) is 0 Å². The van der Waals surface area contributed by atoms with Crippen LogP contribution in [0.25, 0.3) is 0 Å². The number of fused-ring (bicyclic) bond motifs is 2. The molecule has 0 saturated heterocycles. The number of rotatable bonds is 3. The van der Waals surface area contributed by atoms with E-state index in [0.29, 0.717) is 5.75 Å². The Bertz CT molecular complexity index is 360. The van der Waals surface area contributed by atoms with E-state index in [4.69, 9.17) is 0 Å². The molecule has 2 saturated carbocycles. The molecule has 0 aromatic heterocycles. The Kier molecular flexibility index (Phi) is 2.60. The first-order chi connectivity index (χ1) is 7.81. The van der Waals surface area contributed by atoms with Gasteiger partial charge in [0.2, 0.25) is 0 Å². The fourth-order valence-corrected chi connectivity index (χ4v) is 3.36. The third-order valence-electron chi connectivity index (χ3n) is 4.24. The van der Waals surface area contributed by atoms with Crippen LogP contribution in [0.2, 0.25) is 0 Å². The SMILES string of the molecule is Oc1ccc(CNC2CC3CCC2C3)cc1. The first kappa shape index (κ1) is 10.2. The standard InChI is InChI=1S/C14H19NO/c16-13-5-2-10(3-6-13)9-15-14-8-11-1-4-12(14)7-11/h2-3,5-6,11-12,14-16H,1,4,7-9H2. The van der Waals surface area contributed by atoms with E-state index in [2.05, 4.69) is 5.32 Å². The smallest absolute Gasteiger partial charge is 0.115 e. The molecule has 2 heteroatoms. The van der Waals surface area contributed by atoms with Crippen molar-refractivity contribution in [1.82, 2.24) is 5.32 Å². The molecule has 2 fully saturated rings. The Labute approximate surface area is 96.7 Å². The Balaban J connectivity index is 1.55. The van der Waals surface area contributed by atoms with Crippen LogP contribution < -0.4 is 5.32 Å². The van der Waals surface area contributed by atoms with Gasteiger partial charge in [0.05, 0.1) is 0 Å². The molecule has 2 nitrogen and oxygen atoms in total. The molecule has 2 N–H and O–H groups in total. The molecule has 3 rings (SSSR count). The number of hydrogen-bond donors (Lipinski definition) is 2. The van der Waals surface area contributed by atoms with Crippen LogP contribution in [0.3, 0.4) is 0 Å². The van der Waals surface area contributed by atoms with Crippen LogP contribution in [0.5, 0.6) is 5.75 Å². The Hall–Kier alpha value is -1.02. The summed E-state index contributed by atoms with van der Waals surface area (Å²) in [5.74, 6) is 2.29. The molecule has 0 heterocycles. The number of benzene rings is 1. The molecule has 0 radical (unpaired) electrons. The molecule has 86 valence electrons. The molecule has 16 heavy (non-hydrogen) atoms. The van der Waals surface area contributed by atoms with Gasteiger partial charge in [0.15, 0.2) is 0 Å². The van der Waals surface area contributed by atoms with Gasteiger partial charge in [-0.05, 0) is 48.8 Å². The molecule has 1 aromatic carbocycles. The average Bonchev–Trinajstić information content (AvgIpc) is 2.90. The summed E-state index contributed by atoms with van der Waals surface area (Å²) in [6.07, 6.45) is 5.72. The summed E-state index contributed by atoms with van der Waals surface area (Å²) in [6.45, 7) is 0.939. The Morgan fingerprint density at radius 1 is 1.12 bits per heavy atom. The van der Waals surface area contributed by atoms with Crippen molar-refractivity contribution >= 4 is 0 Å². The number of hydrogen-bond acceptors (Lipinski definition) is 2. The van der Waals surface area contributed by atoms with Crippen LogP contribution >= 0.6 is 0 Å². The molecule has 0 spiro atoms. The molecular formula is C14H19NO. The fraction of sp³-hybridized carbons (Fsp3) is 0.571. The summed E-state index contributed by atoms with van der Waals surface area (Å²) < 4.78 is 0. The summed E-state index contributed by atoms with van der Waals surface area (Å²) in [5.41, 5.74) is 1.26. The lowest BCUT2D eigenvalue weighted by atomic mass is 9.95. The van der Waals surface area contributed by atoms with E-state index in [0.717, 1.165) is 24.4 Å². The third kappa shape index (κ3) is 1.94. The Morgan fingerprint density at radius 2 is 1.94 bits per heavy atom. The highest BCUT2D eigenvalue weighted by atomic mass is 16.3. The molecule has 0 aliphatic heterocycles. The maximum Gasteiger partial charge on any atom is 0.115 e. The number of phenols is 1. The summed E-state index contributed by atoms with van der Waals surface area (Å²) in [4.78, 5) is 0. The van der Waals surface area contributed by atoms with Crippen molar-refractivity contribution < 1.29 is 5.11 Å². The van der Waals surface area contributed by atoms with E-state index in [1.165, 1.54) is 31.2 Å². The van der Waals surface area contributed by atoms with Gasteiger partial charge in [-0.15, -0.1) is 0 Å². The molecule has 0 amide bonds. The molecule has 3 unspecified atom stereocenters. The zero-order valence-electron chi connectivity index (χ0n) is 9.52. The lowest BCUT2D eigenvalue weighted by Gasteiger charge is -2.23. The molecule has 1 aromatic rings. The summed E-state index contributed by atoms with van der Waals surface area (Å²) in [5, 5.41) is 12.9. The maximum absolute atomic E-state index is 9.20. The summed E-state index contributed by atoms with van der Waals surface area (Å²) in [7, 11) is 0. The molecule has 2 bridgehead atoms. The minimum atomic E-state index is 0.351. The van der Waals surface area contributed by atoms with Gasteiger partial charge in [0.25, 0.3) is 0 Å². The zero-order valence-corrected chi connectivity index (χ0v) is 9.52. The van der Waals surface area contributed by atoms with Crippen molar-refractivity contribution in [3.05, 3.63) is 29.8 Å². The second-order valence-electron chi connectivity index (χ2n) is 5.33. The third-order valence-corrected chi connectivity index (χ3v) is 4.24. The summed E-state index contributed by atoms with van der Waals surface area (Å²) >= 11 is 0. The monoisotopic (exact) mass is 217 g/mol. The highest BCUT2D eigenvalue weighted by molar-refractivity contribution is 5.25. The van der Waals surface area contributed by atoms with E-state index in [-0.39, 0.29) is 0 Å². The van der Waals surface area contributed by atoms with Gasteiger partial charge in [-0.25, -0.2) is 0 Å². The summed E-state index contributed by atoms with van der Waals surface area (Å²) in [6, 6.07) is 8.26. The lowest BCUT2D eigenvalue weighted by Crippen LogP contribution is -2.33.